The van der Waals surface area contributed by atoms with Gasteiger partial charge in [0.1, 0.15) is 0 Å². The average molecular weight is 391 g/mol. The van der Waals surface area contributed by atoms with E-state index >= 15 is 0 Å². The fourth-order valence-electron chi connectivity index (χ4n) is 3.30. The summed E-state index contributed by atoms with van der Waals surface area (Å²) in [6.07, 6.45) is -2.54. The number of fused-ring (bicyclic) bond motifs is 1. The van der Waals surface area contributed by atoms with E-state index in [9.17, 15) is 13.2 Å². The van der Waals surface area contributed by atoms with Crippen molar-refractivity contribution in [1.82, 2.24) is 10.2 Å². The third kappa shape index (κ3) is 6.03. The Labute approximate surface area is 155 Å². The predicted octanol–water partition coefficient (Wildman–Crippen LogP) is 2.44. The van der Waals surface area contributed by atoms with Crippen LogP contribution >= 0.6 is 0 Å². The molecule has 3 atom stereocenters. The van der Waals surface area contributed by atoms with Gasteiger partial charge >= 0.3 is 12.1 Å². The Hall–Kier alpha value is -1.94. The van der Waals surface area contributed by atoms with E-state index in [2.05, 4.69) is 21.2 Å². The molecule has 0 bridgehead atoms. The Balaban J connectivity index is 0.000000321. The zero-order valence-electron chi connectivity index (χ0n) is 15.3. The van der Waals surface area contributed by atoms with Gasteiger partial charge in [0, 0.05) is 19.8 Å². The van der Waals surface area contributed by atoms with Crippen molar-refractivity contribution in [2.24, 2.45) is 5.92 Å². The molecule has 1 unspecified atom stereocenters. The van der Waals surface area contributed by atoms with E-state index in [1.807, 2.05) is 19.9 Å². The summed E-state index contributed by atoms with van der Waals surface area (Å²) < 4.78 is 43.3. The number of aromatic nitrogens is 2. The van der Waals surface area contributed by atoms with Gasteiger partial charge < -0.3 is 19.5 Å². The smallest absolute Gasteiger partial charge is 0.475 e. The second-order valence-electron chi connectivity index (χ2n) is 6.50. The maximum atomic E-state index is 10.6. The Morgan fingerprint density at radius 2 is 2.07 bits per heavy atom. The van der Waals surface area contributed by atoms with Gasteiger partial charge in [-0.15, -0.1) is 5.10 Å². The van der Waals surface area contributed by atoms with Crippen LogP contribution in [0.25, 0.3) is 0 Å². The van der Waals surface area contributed by atoms with Gasteiger partial charge in [-0.2, -0.15) is 18.3 Å². The van der Waals surface area contributed by atoms with Gasteiger partial charge in [-0.25, -0.2) is 4.79 Å². The molecule has 2 heterocycles. The SMILES string of the molecule is CCOCC1C[C@@H]2OCCN(c3ccc(C)nn3)[C@H]2C1.O=C(O)C(F)(F)F. The quantitative estimate of drug-likeness (QED) is 0.844. The highest BCUT2D eigenvalue weighted by molar-refractivity contribution is 5.73. The number of halogens is 3. The van der Waals surface area contributed by atoms with Gasteiger partial charge in [-0.05, 0) is 44.7 Å². The van der Waals surface area contributed by atoms with Gasteiger partial charge in [0.25, 0.3) is 0 Å². The molecule has 0 radical (unpaired) electrons. The van der Waals surface area contributed by atoms with Crippen molar-refractivity contribution >= 4 is 11.8 Å². The topological polar surface area (TPSA) is 84.8 Å². The third-order valence-corrected chi connectivity index (χ3v) is 4.51. The van der Waals surface area contributed by atoms with Crippen LogP contribution in [-0.2, 0) is 14.3 Å². The fraction of sp³-hybridized carbons (Fsp3) is 0.706. The largest absolute Gasteiger partial charge is 0.490 e. The van der Waals surface area contributed by atoms with E-state index in [1.54, 1.807) is 0 Å². The number of hydrogen-bond donors (Lipinski definition) is 1. The second-order valence-corrected chi connectivity index (χ2v) is 6.50. The lowest BCUT2D eigenvalue weighted by Crippen LogP contribution is -2.49. The maximum Gasteiger partial charge on any atom is 0.490 e. The minimum absolute atomic E-state index is 0.317. The average Bonchev–Trinajstić information content (AvgIpc) is 3.03. The van der Waals surface area contributed by atoms with Crippen LogP contribution in [0.5, 0.6) is 0 Å². The lowest BCUT2D eigenvalue weighted by atomic mass is 10.1. The van der Waals surface area contributed by atoms with Crippen LogP contribution in [0.2, 0.25) is 0 Å². The molecule has 1 aromatic rings. The Bertz CT molecular complexity index is 612. The summed E-state index contributed by atoms with van der Waals surface area (Å²) in [5.74, 6) is -1.18. The van der Waals surface area contributed by atoms with Crippen LogP contribution < -0.4 is 4.90 Å². The Kier molecular flexibility index (Phi) is 7.37. The van der Waals surface area contributed by atoms with Crippen molar-refractivity contribution in [3.05, 3.63) is 17.8 Å². The minimum atomic E-state index is -5.08. The molecular weight excluding hydrogens is 367 g/mol. The van der Waals surface area contributed by atoms with E-state index < -0.39 is 12.1 Å². The lowest BCUT2D eigenvalue weighted by molar-refractivity contribution is -0.192. The molecule has 1 aromatic heterocycles. The molecule has 2 fully saturated rings. The number of nitrogens with zero attached hydrogens (tertiary/aromatic N) is 3. The first-order valence-electron chi connectivity index (χ1n) is 8.78. The minimum Gasteiger partial charge on any atom is -0.475 e. The predicted molar refractivity (Wildman–Crippen MR) is 90.6 cm³/mol. The van der Waals surface area contributed by atoms with E-state index in [0.29, 0.717) is 18.1 Å². The number of ether oxygens (including phenoxy) is 2. The van der Waals surface area contributed by atoms with Crippen LogP contribution in [0, 0.1) is 12.8 Å². The summed E-state index contributed by atoms with van der Waals surface area (Å²) in [5, 5.41) is 15.6. The van der Waals surface area contributed by atoms with E-state index in [0.717, 1.165) is 50.7 Å². The van der Waals surface area contributed by atoms with Crippen LogP contribution in [-0.4, -0.2) is 66.0 Å². The highest BCUT2D eigenvalue weighted by Crippen LogP contribution is 2.36. The number of aliphatic carboxylic acids is 1. The van der Waals surface area contributed by atoms with Crippen molar-refractivity contribution in [3.63, 3.8) is 0 Å². The number of alkyl halides is 3. The first-order chi connectivity index (χ1) is 12.7. The van der Waals surface area contributed by atoms with Crippen molar-refractivity contribution < 1.29 is 32.5 Å². The monoisotopic (exact) mass is 391 g/mol. The summed E-state index contributed by atoms with van der Waals surface area (Å²) in [5.41, 5.74) is 0.958. The number of hydrogen-bond acceptors (Lipinski definition) is 6. The van der Waals surface area contributed by atoms with Gasteiger partial charge in [-0.3, -0.25) is 0 Å². The Morgan fingerprint density at radius 3 is 2.63 bits per heavy atom. The molecule has 10 heteroatoms. The molecule has 0 amide bonds. The summed E-state index contributed by atoms with van der Waals surface area (Å²) >= 11 is 0. The van der Waals surface area contributed by atoms with E-state index in [-0.39, 0.29) is 0 Å². The lowest BCUT2D eigenvalue weighted by Gasteiger charge is -2.38. The zero-order valence-corrected chi connectivity index (χ0v) is 15.3. The molecular formula is C17H24F3N3O4. The molecule has 0 aromatic carbocycles. The first-order valence-corrected chi connectivity index (χ1v) is 8.78. The zero-order chi connectivity index (χ0) is 20.0. The highest BCUT2D eigenvalue weighted by Gasteiger charge is 2.41. The van der Waals surface area contributed by atoms with Gasteiger partial charge in [-0.1, -0.05) is 0 Å². The molecule has 7 nitrogen and oxygen atoms in total. The molecule has 27 heavy (non-hydrogen) atoms. The molecule has 1 saturated heterocycles. The number of carboxylic acid groups (broad SMARTS) is 1. The number of morpholine rings is 1. The number of anilines is 1. The number of carbonyl (C=O) groups is 1. The molecule has 3 rings (SSSR count). The van der Waals surface area contributed by atoms with Crippen molar-refractivity contribution in [3.8, 4) is 0 Å². The molecule has 1 aliphatic heterocycles. The van der Waals surface area contributed by atoms with Crippen LogP contribution in [0.15, 0.2) is 12.1 Å². The molecule has 1 aliphatic carbocycles. The normalized spacial score (nSPS) is 24.8. The highest BCUT2D eigenvalue weighted by atomic mass is 19.4. The maximum absolute atomic E-state index is 10.6. The first kappa shape index (κ1) is 21.4. The molecule has 0 spiro atoms. The second kappa shape index (κ2) is 9.32. The van der Waals surface area contributed by atoms with Gasteiger partial charge in [0.05, 0.1) is 24.4 Å². The van der Waals surface area contributed by atoms with Crippen LogP contribution in [0.3, 0.4) is 0 Å². The summed E-state index contributed by atoms with van der Waals surface area (Å²) in [7, 11) is 0. The summed E-state index contributed by atoms with van der Waals surface area (Å²) in [6.45, 7) is 7.33. The van der Waals surface area contributed by atoms with E-state index in [4.69, 9.17) is 19.4 Å². The molecule has 1 saturated carbocycles. The van der Waals surface area contributed by atoms with Gasteiger partial charge in [0.15, 0.2) is 5.82 Å². The van der Waals surface area contributed by atoms with Crippen molar-refractivity contribution in [1.29, 1.82) is 0 Å². The fourth-order valence-corrected chi connectivity index (χ4v) is 3.30. The summed E-state index contributed by atoms with van der Waals surface area (Å²) in [6, 6.07) is 4.52. The number of carboxylic acids is 1. The Morgan fingerprint density at radius 1 is 1.37 bits per heavy atom. The third-order valence-electron chi connectivity index (χ3n) is 4.51. The molecule has 1 N–H and O–H groups in total. The van der Waals surface area contributed by atoms with Crippen molar-refractivity contribution in [2.75, 3.05) is 31.3 Å². The standard InChI is InChI=1S/C15H23N3O2.C2HF3O2/c1-3-19-10-12-8-13-14(9-12)20-7-6-18(13)15-5-4-11(2)16-17-15;3-2(4,5)1(6)7/h4-5,12-14H,3,6-10H2,1-2H3;(H,6,7)/t12?,13-,14-;/m0./s1. The molecule has 2 aliphatic rings. The van der Waals surface area contributed by atoms with E-state index in [1.165, 1.54) is 0 Å². The summed E-state index contributed by atoms with van der Waals surface area (Å²) in [4.78, 5) is 11.3. The molecule has 152 valence electrons. The number of aryl methyl sites for hydroxylation is 1. The number of rotatable bonds is 4. The van der Waals surface area contributed by atoms with Crippen LogP contribution in [0.4, 0.5) is 19.0 Å². The van der Waals surface area contributed by atoms with Crippen LogP contribution in [0.1, 0.15) is 25.5 Å². The van der Waals surface area contributed by atoms with Gasteiger partial charge in [0.2, 0.25) is 0 Å². The van der Waals surface area contributed by atoms with Crippen molar-refractivity contribution in [2.45, 2.75) is 45.0 Å².